The topological polar surface area (TPSA) is 52.3 Å². The fourth-order valence-electron chi connectivity index (χ4n) is 1.40. The predicted octanol–water partition coefficient (Wildman–Crippen LogP) is 2.68. The summed E-state index contributed by atoms with van der Waals surface area (Å²) in [5.41, 5.74) is 7.51. The predicted molar refractivity (Wildman–Crippen MR) is 65.8 cm³/mol. The molecule has 0 aliphatic carbocycles. The highest BCUT2D eigenvalue weighted by molar-refractivity contribution is 5.73. The summed E-state index contributed by atoms with van der Waals surface area (Å²) in [6.45, 7) is 3.91. The number of benzene rings is 1. The molecule has 0 atom stereocenters. The van der Waals surface area contributed by atoms with Crippen molar-refractivity contribution in [1.82, 2.24) is 0 Å². The lowest BCUT2D eigenvalue weighted by atomic mass is 10.1. The van der Waals surface area contributed by atoms with Crippen LogP contribution in [0.3, 0.4) is 0 Å². The number of ether oxygens (including phenoxy) is 1. The molecule has 17 heavy (non-hydrogen) atoms. The van der Waals surface area contributed by atoms with Crippen molar-refractivity contribution in [2.75, 3.05) is 12.3 Å². The first-order valence-electron chi connectivity index (χ1n) is 5.42. The van der Waals surface area contributed by atoms with Crippen LogP contribution in [0.4, 0.5) is 10.1 Å². The molecule has 0 saturated carbocycles. The summed E-state index contributed by atoms with van der Waals surface area (Å²) in [7, 11) is 0. The summed E-state index contributed by atoms with van der Waals surface area (Å²) in [5, 5.41) is 0. The molecular formula is C13H16FNO2. The summed E-state index contributed by atoms with van der Waals surface area (Å²) < 4.78 is 17.9. The number of rotatable bonds is 4. The molecule has 0 aliphatic heterocycles. The minimum absolute atomic E-state index is 0.170. The summed E-state index contributed by atoms with van der Waals surface area (Å²) in [5.74, 6) is -0.685. The Kier molecular flexibility index (Phi) is 4.69. The zero-order valence-corrected chi connectivity index (χ0v) is 10.00. The van der Waals surface area contributed by atoms with Crippen molar-refractivity contribution in [3.63, 3.8) is 0 Å². The van der Waals surface area contributed by atoms with Crippen molar-refractivity contribution in [2.45, 2.75) is 20.3 Å². The van der Waals surface area contributed by atoms with Gasteiger partial charge in [-0.05, 0) is 37.1 Å². The lowest BCUT2D eigenvalue weighted by Crippen LogP contribution is -2.01. The first kappa shape index (κ1) is 13.2. The van der Waals surface area contributed by atoms with Crippen molar-refractivity contribution in [1.29, 1.82) is 0 Å². The van der Waals surface area contributed by atoms with Gasteiger partial charge in [-0.15, -0.1) is 0 Å². The average molecular weight is 237 g/mol. The van der Waals surface area contributed by atoms with Crippen LogP contribution in [0.25, 0.3) is 6.08 Å². The first-order valence-corrected chi connectivity index (χ1v) is 5.42. The van der Waals surface area contributed by atoms with Crippen LogP contribution in [-0.2, 0) is 9.53 Å². The van der Waals surface area contributed by atoms with Crippen molar-refractivity contribution in [2.24, 2.45) is 0 Å². The van der Waals surface area contributed by atoms with E-state index >= 15 is 0 Å². The molecule has 4 heteroatoms. The van der Waals surface area contributed by atoms with Crippen LogP contribution in [0.15, 0.2) is 18.2 Å². The van der Waals surface area contributed by atoms with Gasteiger partial charge in [0, 0.05) is 5.69 Å². The van der Waals surface area contributed by atoms with E-state index in [4.69, 9.17) is 10.5 Å². The molecule has 0 radical (unpaired) electrons. The van der Waals surface area contributed by atoms with Gasteiger partial charge in [0.1, 0.15) is 5.82 Å². The first-order chi connectivity index (χ1) is 8.04. The van der Waals surface area contributed by atoms with Gasteiger partial charge in [0.25, 0.3) is 0 Å². The van der Waals surface area contributed by atoms with E-state index in [0.29, 0.717) is 17.9 Å². The highest BCUT2D eigenvalue weighted by Crippen LogP contribution is 2.19. The zero-order valence-electron chi connectivity index (χ0n) is 10.00. The average Bonchev–Trinajstić information content (AvgIpc) is 2.25. The van der Waals surface area contributed by atoms with E-state index in [-0.39, 0.29) is 18.2 Å². The Labute approximate surface area is 100 Å². The van der Waals surface area contributed by atoms with Gasteiger partial charge in [0.2, 0.25) is 0 Å². The van der Waals surface area contributed by atoms with Crippen molar-refractivity contribution in [3.8, 4) is 0 Å². The number of esters is 1. The molecule has 0 aliphatic rings. The van der Waals surface area contributed by atoms with E-state index in [1.54, 1.807) is 26.0 Å². The molecule has 0 heterocycles. The summed E-state index contributed by atoms with van der Waals surface area (Å²) in [6.07, 6.45) is 3.48. The van der Waals surface area contributed by atoms with Crippen LogP contribution in [0, 0.1) is 12.7 Å². The Morgan fingerprint density at radius 1 is 1.53 bits per heavy atom. The normalized spacial score (nSPS) is 10.8. The SMILES string of the molecule is CCOC(=O)CC=Cc1cc(F)cc(N)c1C. The molecule has 0 fully saturated rings. The van der Waals surface area contributed by atoms with Crippen LogP contribution in [0.1, 0.15) is 24.5 Å². The third kappa shape index (κ3) is 3.90. The lowest BCUT2D eigenvalue weighted by Gasteiger charge is -2.04. The van der Waals surface area contributed by atoms with Gasteiger partial charge in [-0.1, -0.05) is 12.2 Å². The van der Waals surface area contributed by atoms with Crippen molar-refractivity contribution < 1.29 is 13.9 Å². The number of carbonyl (C=O) groups excluding carboxylic acids is 1. The van der Waals surface area contributed by atoms with E-state index in [9.17, 15) is 9.18 Å². The molecule has 0 bridgehead atoms. The number of nitrogens with two attached hydrogens (primary N) is 1. The second kappa shape index (κ2) is 6.03. The summed E-state index contributed by atoms with van der Waals surface area (Å²) in [6, 6.07) is 2.66. The second-order valence-corrected chi connectivity index (χ2v) is 3.62. The van der Waals surface area contributed by atoms with E-state index in [1.165, 1.54) is 12.1 Å². The fourth-order valence-corrected chi connectivity index (χ4v) is 1.40. The van der Waals surface area contributed by atoms with E-state index in [0.717, 1.165) is 5.56 Å². The minimum Gasteiger partial charge on any atom is -0.466 e. The molecule has 1 aromatic rings. The van der Waals surface area contributed by atoms with Gasteiger partial charge < -0.3 is 10.5 Å². The van der Waals surface area contributed by atoms with Gasteiger partial charge >= 0.3 is 5.97 Å². The van der Waals surface area contributed by atoms with Crippen LogP contribution in [0.5, 0.6) is 0 Å². The molecule has 92 valence electrons. The Morgan fingerprint density at radius 2 is 2.24 bits per heavy atom. The van der Waals surface area contributed by atoms with Crippen LogP contribution < -0.4 is 5.73 Å². The Balaban J connectivity index is 2.74. The van der Waals surface area contributed by atoms with E-state index in [2.05, 4.69) is 0 Å². The van der Waals surface area contributed by atoms with Gasteiger partial charge in [-0.25, -0.2) is 4.39 Å². The molecular weight excluding hydrogens is 221 g/mol. The van der Waals surface area contributed by atoms with E-state index in [1.807, 2.05) is 0 Å². The smallest absolute Gasteiger partial charge is 0.309 e. The summed E-state index contributed by atoms with van der Waals surface area (Å²) in [4.78, 5) is 11.1. The Bertz CT molecular complexity index is 441. The lowest BCUT2D eigenvalue weighted by molar-refractivity contribution is -0.142. The van der Waals surface area contributed by atoms with Gasteiger partial charge in [0.15, 0.2) is 0 Å². The Morgan fingerprint density at radius 3 is 2.88 bits per heavy atom. The molecule has 0 saturated heterocycles. The minimum atomic E-state index is -0.385. The maximum absolute atomic E-state index is 13.1. The van der Waals surface area contributed by atoms with Gasteiger partial charge in [-0.3, -0.25) is 4.79 Å². The molecule has 1 aromatic carbocycles. The monoisotopic (exact) mass is 237 g/mol. The number of anilines is 1. The highest BCUT2D eigenvalue weighted by atomic mass is 19.1. The molecule has 0 aromatic heterocycles. The third-order valence-corrected chi connectivity index (χ3v) is 2.34. The van der Waals surface area contributed by atoms with Gasteiger partial charge in [0.05, 0.1) is 13.0 Å². The van der Waals surface area contributed by atoms with Crippen LogP contribution in [0.2, 0.25) is 0 Å². The number of halogens is 1. The fraction of sp³-hybridized carbons (Fsp3) is 0.308. The molecule has 2 N–H and O–H groups in total. The molecule has 1 rings (SSSR count). The largest absolute Gasteiger partial charge is 0.466 e. The van der Waals surface area contributed by atoms with Crippen LogP contribution >= 0.6 is 0 Å². The van der Waals surface area contributed by atoms with Crippen LogP contribution in [-0.4, -0.2) is 12.6 Å². The maximum atomic E-state index is 13.1. The van der Waals surface area contributed by atoms with E-state index < -0.39 is 0 Å². The summed E-state index contributed by atoms with van der Waals surface area (Å²) >= 11 is 0. The Hall–Kier alpha value is -1.84. The number of hydrogen-bond acceptors (Lipinski definition) is 3. The number of nitrogen functional groups attached to an aromatic ring is 1. The number of hydrogen-bond donors (Lipinski definition) is 1. The quantitative estimate of drug-likeness (QED) is 0.647. The second-order valence-electron chi connectivity index (χ2n) is 3.62. The third-order valence-electron chi connectivity index (χ3n) is 2.34. The zero-order chi connectivity index (χ0) is 12.8. The molecule has 0 spiro atoms. The molecule has 0 unspecified atom stereocenters. The number of carbonyl (C=O) groups is 1. The van der Waals surface area contributed by atoms with Crippen molar-refractivity contribution in [3.05, 3.63) is 35.2 Å². The maximum Gasteiger partial charge on any atom is 0.309 e. The van der Waals surface area contributed by atoms with Gasteiger partial charge in [-0.2, -0.15) is 0 Å². The highest BCUT2D eigenvalue weighted by Gasteiger charge is 2.03. The standard InChI is InChI=1S/C13H16FNO2/c1-3-17-13(16)6-4-5-10-7-11(14)8-12(15)9(10)2/h4-5,7-8H,3,6,15H2,1-2H3. The molecule has 0 amide bonds. The molecule has 3 nitrogen and oxygen atoms in total. The van der Waals surface area contributed by atoms with Crippen molar-refractivity contribution >= 4 is 17.7 Å².